The number of aliphatic hydroxyl groups is 5. The molecule has 0 radical (unpaired) electrons. The highest BCUT2D eigenvalue weighted by molar-refractivity contribution is 5.76. The zero-order valence-electron chi connectivity index (χ0n) is 32.6. The van der Waals surface area contributed by atoms with E-state index in [4.69, 9.17) is 18.9 Å². The minimum Gasteiger partial charge on any atom is -0.481 e. The maximum Gasteiger partial charge on any atom is 0.310 e. The molecule has 11 nitrogen and oxygen atoms in total. The fourth-order valence-electron chi connectivity index (χ4n) is 13.3. The van der Waals surface area contributed by atoms with Gasteiger partial charge in [-0.1, -0.05) is 60.1 Å². The Labute approximate surface area is 309 Å². The lowest BCUT2D eigenvalue weighted by atomic mass is 9.33. The lowest BCUT2D eigenvalue weighted by molar-refractivity contribution is -0.348. The second kappa shape index (κ2) is 12.9. The van der Waals surface area contributed by atoms with Crippen molar-refractivity contribution in [2.45, 2.75) is 181 Å². The summed E-state index contributed by atoms with van der Waals surface area (Å²) in [5.41, 5.74) is 0.683. The van der Waals surface area contributed by atoms with Crippen LogP contribution >= 0.6 is 0 Å². The number of carboxylic acid groups (broad SMARTS) is 1. The van der Waals surface area contributed by atoms with Crippen LogP contribution in [0.4, 0.5) is 0 Å². The van der Waals surface area contributed by atoms with E-state index < -0.39 is 66.7 Å². The average Bonchev–Trinajstić information content (AvgIpc) is 3.06. The molecule has 0 aromatic carbocycles. The van der Waals surface area contributed by atoms with Gasteiger partial charge in [0.2, 0.25) is 0 Å². The number of hydrogen-bond acceptors (Lipinski definition) is 10. The molecular formula is C41H66O11. The molecule has 0 spiro atoms. The molecule has 7 aliphatic rings. The van der Waals surface area contributed by atoms with Crippen LogP contribution < -0.4 is 0 Å². The normalized spacial score (nSPS) is 54.1. The monoisotopic (exact) mass is 734 g/mol. The van der Waals surface area contributed by atoms with Gasteiger partial charge < -0.3 is 49.6 Å². The van der Waals surface area contributed by atoms with Gasteiger partial charge in [0.1, 0.15) is 36.6 Å². The quantitative estimate of drug-likeness (QED) is 0.173. The topological polar surface area (TPSA) is 175 Å². The number of aliphatic hydroxyl groups excluding tert-OH is 5. The van der Waals surface area contributed by atoms with E-state index in [1.807, 2.05) is 0 Å². The summed E-state index contributed by atoms with van der Waals surface area (Å²) in [4.78, 5) is 13.0. The van der Waals surface area contributed by atoms with Gasteiger partial charge in [0.15, 0.2) is 12.6 Å². The Kier molecular flexibility index (Phi) is 9.74. The summed E-state index contributed by atoms with van der Waals surface area (Å²) in [7, 11) is 0. The van der Waals surface area contributed by atoms with Crippen LogP contribution in [0.25, 0.3) is 0 Å². The molecule has 8 unspecified atom stereocenters. The first kappa shape index (κ1) is 39.1. The summed E-state index contributed by atoms with van der Waals surface area (Å²) in [5.74, 6) is 0.273. The predicted octanol–water partition coefficient (Wildman–Crippen LogP) is 4.55. The van der Waals surface area contributed by atoms with E-state index in [0.717, 1.165) is 64.2 Å². The van der Waals surface area contributed by atoms with Gasteiger partial charge in [0, 0.05) is 0 Å². The zero-order chi connectivity index (χ0) is 38.0. The smallest absolute Gasteiger partial charge is 0.310 e. The zero-order valence-corrected chi connectivity index (χ0v) is 32.6. The third kappa shape index (κ3) is 5.64. The SMILES string of the molecule is C[C@H]1O[C@@H](O[C@H]2CO[C@@H](OC3CCC4(C)C(CCC5(C)C4CC=C4C6CC(C)(C)CCC6(C(=O)O)CCC45C)C3(C)C)[C@H](O)[C@@H]2O)[C@H](O)[C@H](O)[C@@H]1O. The first-order valence-electron chi connectivity index (χ1n) is 20.1. The van der Waals surface area contributed by atoms with E-state index >= 15 is 0 Å². The molecule has 2 aliphatic heterocycles. The molecule has 52 heavy (non-hydrogen) atoms. The second-order valence-corrected chi connectivity index (χ2v) is 20.2. The molecule has 0 bridgehead atoms. The Morgan fingerprint density at radius 1 is 0.769 bits per heavy atom. The van der Waals surface area contributed by atoms with Crippen molar-refractivity contribution in [3.8, 4) is 0 Å². The fourth-order valence-corrected chi connectivity index (χ4v) is 13.3. The number of allylic oxidation sites excluding steroid dienone is 2. The summed E-state index contributed by atoms with van der Waals surface area (Å²) >= 11 is 0. The molecule has 296 valence electrons. The van der Waals surface area contributed by atoms with Crippen molar-refractivity contribution in [3.63, 3.8) is 0 Å². The third-order valence-electron chi connectivity index (χ3n) is 16.9. The van der Waals surface area contributed by atoms with Gasteiger partial charge in [0.25, 0.3) is 0 Å². The molecule has 6 N–H and O–H groups in total. The van der Waals surface area contributed by atoms with Crippen molar-refractivity contribution in [2.24, 2.45) is 50.2 Å². The fraction of sp³-hybridized carbons (Fsp3) is 0.927. The first-order chi connectivity index (χ1) is 24.1. The second-order valence-electron chi connectivity index (χ2n) is 20.2. The van der Waals surface area contributed by atoms with Gasteiger partial charge in [-0.2, -0.15) is 0 Å². The largest absolute Gasteiger partial charge is 0.481 e. The van der Waals surface area contributed by atoms with E-state index in [0.29, 0.717) is 11.8 Å². The first-order valence-corrected chi connectivity index (χ1v) is 20.1. The Morgan fingerprint density at radius 2 is 1.44 bits per heavy atom. The molecule has 2 heterocycles. The molecule has 7 rings (SSSR count). The highest BCUT2D eigenvalue weighted by atomic mass is 16.7. The van der Waals surface area contributed by atoms with Crippen molar-refractivity contribution in [2.75, 3.05) is 6.61 Å². The number of carboxylic acids is 1. The lowest BCUT2D eigenvalue weighted by Gasteiger charge is -2.71. The van der Waals surface area contributed by atoms with Gasteiger partial charge in [-0.25, -0.2) is 0 Å². The van der Waals surface area contributed by atoms with E-state index in [9.17, 15) is 35.4 Å². The molecule has 0 aromatic rings. The van der Waals surface area contributed by atoms with Crippen molar-refractivity contribution in [3.05, 3.63) is 11.6 Å². The number of rotatable bonds is 5. The van der Waals surface area contributed by atoms with Crippen LogP contribution in [-0.4, -0.2) is 105 Å². The number of fused-ring (bicyclic) bond motifs is 7. The number of aliphatic carboxylic acids is 1. The van der Waals surface area contributed by atoms with Crippen molar-refractivity contribution in [1.82, 2.24) is 0 Å². The molecule has 2 saturated heterocycles. The summed E-state index contributed by atoms with van der Waals surface area (Å²) in [5, 5.41) is 63.6. The van der Waals surface area contributed by atoms with Crippen LogP contribution in [0.5, 0.6) is 0 Å². The average molecular weight is 735 g/mol. The molecule has 0 amide bonds. The Bertz CT molecular complexity index is 1410. The maximum absolute atomic E-state index is 13.0. The van der Waals surface area contributed by atoms with Crippen LogP contribution in [0.1, 0.15) is 120 Å². The van der Waals surface area contributed by atoms with Crippen molar-refractivity contribution < 1.29 is 54.4 Å². The predicted molar refractivity (Wildman–Crippen MR) is 191 cm³/mol. The van der Waals surface area contributed by atoms with Crippen molar-refractivity contribution in [1.29, 1.82) is 0 Å². The Morgan fingerprint density at radius 3 is 2.13 bits per heavy atom. The van der Waals surface area contributed by atoms with E-state index in [1.54, 1.807) is 6.92 Å². The summed E-state index contributed by atoms with van der Waals surface area (Å²) < 4.78 is 23.9. The van der Waals surface area contributed by atoms with Crippen LogP contribution in [0, 0.1) is 50.2 Å². The highest BCUT2D eigenvalue weighted by Gasteiger charge is 2.69. The Hall–Kier alpha value is -1.15. The van der Waals surface area contributed by atoms with E-state index in [2.05, 4.69) is 54.5 Å². The standard InChI is InChI=1S/C41H66O11/c1-21-28(42)30(44)32(46)34(50-21)51-24-20-49-33(31(45)29(24)43)52-27-12-13-38(6)25(37(27,4)5)11-14-40(8)26(38)10-9-22-23-19-36(2,3)15-17-41(23,35(47)48)18-16-39(22,40)7/h9,21,23-34,42-46H,10-20H2,1-8H3,(H,47,48)/t21-,23?,24+,25?,26?,27?,28-,29-,30-,31-,32-,33+,34+,38?,39?,40?,41?/m1/s1. The van der Waals surface area contributed by atoms with Crippen LogP contribution in [0.2, 0.25) is 0 Å². The lowest BCUT2D eigenvalue weighted by Crippen LogP contribution is -2.66. The molecule has 0 aromatic heterocycles. The molecule has 11 heteroatoms. The van der Waals surface area contributed by atoms with Crippen LogP contribution in [0.15, 0.2) is 11.6 Å². The number of carbonyl (C=O) groups is 1. The van der Waals surface area contributed by atoms with E-state index in [-0.39, 0.29) is 45.7 Å². The molecule has 4 saturated carbocycles. The van der Waals surface area contributed by atoms with Gasteiger partial charge in [-0.3, -0.25) is 4.79 Å². The van der Waals surface area contributed by atoms with Crippen LogP contribution in [0.3, 0.4) is 0 Å². The summed E-state index contributed by atoms with van der Waals surface area (Å²) in [6, 6.07) is 0. The van der Waals surface area contributed by atoms with E-state index in [1.165, 1.54) is 5.57 Å². The molecule has 5 aliphatic carbocycles. The van der Waals surface area contributed by atoms with Gasteiger partial charge in [0.05, 0.1) is 24.2 Å². The van der Waals surface area contributed by atoms with Gasteiger partial charge in [-0.05, 0) is 116 Å². The minimum absolute atomic E-state index is 0.0369. The number of ether oxygens (including phenoxy) is 4. The maximum atomic E-state index is 13.0. The molecular weight excluding hydrogens is 668 g/mol. The third-order valence-corrected chi connectivity index (χ3v) is 16.9. The highest BCUT2D eigenvalue weighted by Crippen LogP contribution is 2.76. The summed E-state index contributed by atoms with van der Waals surface area (Å²) in [6.07, 6.45) is 0.0764. The number of hydrogen-bond donors (Lipinski definition) is 6. The van der Waals surface area contributed by atoms with Crippen molar-refractivity contribution >= 4 is 5.97 Å². The van der Waals surface area contributed by atoms with Crippen LogP contribution in [-0.2, 0) is 23.7 Å². The molecule has 17 atom stereocenters. The summed E-state index contributed by atoms with van der Waals surface area (Å²) in [6.45, 7) is 18.1. The van der Waals surface area contributed by atoms with Gasteiger partial charge >= 0.3 is 5.97 Å². The Balaban J connectivity index is 1.06. The molecule has 6 fully saturated rings. The van der Waals surface area contributed by atoms with Gasteiger partial charge in [-0.15, -0.1) is 0 Å². The minimum atomic E-state index is -1.54.